The van der Waals surface area contributed by atoms with Gasteiger partial charge in [-0.2, -0.15) is 0 Å². The van der Waals surface area contributed by atoms with Gasteiger partial charge in [0, 0.05) is 6.20 Å². The molecule has 0 aliphatic rings. The smallest absolute Gasteiger partial charge is 0.255 e. The SMILES string of the molecule is Cc1cccnc1CNC(=O)c1cccc(N)c1O. The van der Waals surface area contributed by atoms with Gasteiger partial charge < -0.3 is 16.2 Å². The molecule has 0 bridgehead atoms. The summed E-state index contributed by atoms with van der Waals surface area (Å²) in [6.07, 6.45) is 1.67. The first-order valence-corrected chi connectivity index (χ1v) is 5.85. The number of phenolic OH excluding ortho intramolecular Hbond substituents is 1. The maximum atomic E-state index is 11.9. The van der Waals surface area contributed by atoms with Crippen LogP contribution < -0.4 is 11.1 Å². The van der Waals surface area contributed by atoms with Crippen LogP contribution in [-0.4, -0.2) is 16.0 Å². The van der Waals surface area contributed by atoms with Gasteiger partial charge in [-0.15, -0.1) is 0 Å². The third kappa shape index (κ3) is 2.82. The summed E-state index contributed by atoms with van der Waals surface area (Å²) in [7, 11) is 0. The van der Waals surface area contributed by atoms with Crippen molar-refractivity contribution in [2.24, 2.45) is 0 Å². The second-order valence-corrected chi connectivity index (χ2v) is 4.19. The maximum absolute atomic E-state index is 11.9. The number of aromatic hydroxyl groups is 1. The molecule has 0 fully saturated rings. The van der Waals surface area contributed by atoms with E-state index < -0.39 is 0 Å². The highest BCUT2D eigenvalue weighted by molar-refractivity contribution is 5.98. The van der Waals surface area contributed by atoms with Crippen LogP contribution in [0.1, 0.15) is 21.6 Å². The van der Waals surface area contributed by atoms with Crippen LogP contribution in [0.2, 0.25) is 0 Å². The van der Waals surface area contributed by atoms with E-state index >= 15 is 0 Å². The van der Waals surface area contributed by atoms with E-state index in [-0.39, 0.29) is 22.9 Å². The van der Waals surface area contributed by atoms with Crippen LogP contribution in [0, 0.1) is 6.92 Å². The molecule has 0 unspecified atom stereocenters. The van der Waals surface area contributed by atoms with Crippen molar-refractivity contribution >= 4 is 11.6 Å². The van der Waals surface area contributed by atoms with Gasteiger partial charge in [0.05, 0.1) is 23.5 Å². The number of carbonyl (C=O) groups excluding carboxylic acids is 1. The molecule has 19 heavy (non-hydrogen) atoms. The quantitative estimate of drug-likeness (QED) is 0.575. The average Bonchev–Trinajstić information content (AvgIpc) is 2.40. The standard InChI is InChI=1S/C14H15N3O2/c1-9-4-3-7-16-12(9)8-17-14(19)10-5-2-6-11(15)13(10)18/h2-7,18H,8,15H2,1H3,(H,17,19). The summed E-state index contributed by atoms with van der Waals surface area (Å²) in [5.74, 6) is -0.576. The number of nitrogen functional groups attached to an aromatic ring is 1. The third-order valence-corrected chi connectivity index (χ3v) is 2.85. The molecule has 4 N–H and O–H groups in total. The van der Waals surface area contributed by atoms with Crippen LogP contribution in [0.25, 0.3) is 0 Å². The number of phenols is 1. The lowest BCUT2D eigenvalue weighted by molar-refractivity contribution is 0.0948. The molecule has 1 amide bonds. The molecule has 0 aliphatic carbocycles. The van der Waals surface area contributed by atoms with Crippen molar-refractivity contribution in [2.45, 2.75) is 13.5 Å². The van der Waals surface area contributed by atoms with Crippen LogP contribution in [-0.2, 0) is 6.54 Å². The zero-order valence-electron chi connectivity index (χ0n) is 10.6. The van der Waals surface area contributed by atoms with Gasteiger partial charge in [-0.05, 0) is 30.7 Å². The first-order valence-electron chi connectivity index (χ1n) is 5.85. The minimum Gasteiger partial charge on any atom is -0.505 e. The fourth-order valence-corrected chi connectivity index (χ4v) is 1.71. The van der Waals surface area contributed by atoms with E-state index in [2.05, 4.69) is 10.3 Å². The summed E-state index contributed by atoms with van der Waals surface area (Å²) in [5, 5.41) is 12.4. The number of aryl methyl sites for hydroxylation is 1. The minimum absolute atomic E-state index is 0.161. The number of nitrogens with one attached hydrogen (secondary N) is 1. The van der Waals surface area contributed by atoms with Gasteiger partial charge in [-0.1, -0.05) is 12.1 Å². The minimum atomic E-state index is -0.380. The lowest BCUT2D eigenvalue weighted by Gasteiger charge is -2.09. The summed E-state index contributed by atoms with van der Waals surface area (Å²) in [5.41, 5.74) is 7.68. The molecule has 1 aromatic carbocycles. The molecule has 0 radical (unpaired) electrons. The molecule has 0 atom stereocenters. The Morgan fingerprint density at radius 3 is 2.89 bits per heavy atom. The molecule has 1 aromatic heterocycles. The number of aromatic nitrogens is 1. The van der Waals surface area contributed by atoms with Crippen LogP contribution in [0.3, 0.4) is 0 Å². The van der Waals surface area contributed by atoms with Gasteiger partial charge in [0.25, 0.3) is 5.91 Å². The third-order valence-electron chi connectivity index (χ3n) is 2.85. The van der Waals surface area contributed by atoms with E-state index in [4.69, 9.17) is 5.73 Å². The van der Waals surface area contributed by atoms with E-state index in [1.54, 1.807) is 12.3 Å². The van der Waals surface area contributed by atoms with Gasteiger partial charge >= 0.3 is 0 Å². The van der Waals surface area contributed by atoms with E-state index in [1.807, 2.05) is 19.1 Å². The van der Waals surface area contributed by atoms with Crippen molar-refractivity contribution < 1.29 is 9.90 Å². The molecule has 98 valence electrons. The molecular formula is C14H15N3O2. The average molecular weight is 257 g/mol. The molecule has 0 saturated heterocycles. The Morgan fingerprint density at radius 2 is 2.16 bits per heavy atom. The lowest BCUT2D eigenvalue weighted by Crippen LogP contribution is -2.24. The summed E-state index contributed by atoms with van der Waals surface area (Å²) in [6.45, 7) is 2.23. The summed E-state index contributed by atoms with van der Waals surface area (Å²) >= 11 is 0. The second kappa shape index (κ2) is 5.39. The molecule has 2 aromatic rings. The largest absolute Gasteiger partial charge is 0.505 e. The van der Waals surface area contributed by atoms with E-state index in [0.717, 1.165) is 11.3 Å². The molecule has 2 rings (SSSR count). The second-order valence-electron chi connectivity index (χ2n) is 4.19. The highest BCUT2D eigenvalue weighted by Gasteiger charge is 2.12. The van der Waals surface area contributed by atoms with Gasteiger partial charge in [0.2, 0.25) is 0 Å². The Hall–Kier alpha value is -2.56. The molecule has 5 nitrogen and oxygen atoms in total. The van der Waals surface area contributed by atoms with Gasteiger partial charge in [0.15, 0.2) is 5.75 Å². The lowest BCUT2D eigenvalue weighted by atomic mass is 10.1. The normalized spacial score (nSPS) is 10.2. The van der Waals surface area contributed by atoms with Gasteiger partial charge in [0.1, 0.15) is 0 Å². The number of pyridine rings is 1. The highest BCUT2D eigenvalue weighted by Crippen LogP contribution is 2.24. The monoisotopic (exact) mass is 257 g/mol. The first-order chi connectivity index (χ1) is 9.09. The molecule has 0 saturated carbocycles. The first kappa shape index (κ1) is 12.9. The number of carbonyl (C=O) groups is 1. The molecule has 0 spiro atoms. The Labute approximate surface area is 111 Å². The molecule has 5 heteroatoms. The van der Waals surface area contributed by atoms with Crippen molar-refractivity contribution in [3.63, 3.8) is 0 Å². The fraction of sp³-hybridized carbons (Fsp3) is 0.143. The van der Waals surface area contributed by atoms with E-state index in [0.29, 0.717) is 6.54 Å². The fourth-order valence-electron chi connectivity index (χ4n) is 1.71. The topological polar surface area (TPSA) is 88.2 Å². The zero-order chi connectivity index (χ0) is 13.8. The Balaban J connectivity index is 2.10. The van der Waals surface area contributed by atoms with Gasteiger partial charge in [-0.3, -0.25) is 9.78 Å². The van der Waals surface area contributed by atoms with Crippen molar-refractivity contribution in [2.75, 3.05) is 5.73 Å². The number of anilines is 1. The van der Waals surface area contributed by atoms with Crippen molar-refractivity contribution in [1.29, 1.82) is 0 Å². The summed E-state index contributed by atoms with van der Waals surface area (Å²) in [4.78, 5) is 16.1. The van der Waals surface area contributed by atoms with E-state index in [9.17, 15) is 9.90 Å². The van der Waals surface area contributed by atoms with Crippen molar-refractivity contribution in [3.05, 3.63) is 53.3 Å². The maximum Gasteiger partial charge on any atom is 0.255 e. The Kier molecular flexibility index (Phi) is 3.66. The number of hydrogen-bond donors (Lipinski definition) is 3. The number of nitrogens with zero attached hydrogens (tertiary/aromatic N) is 1. The van der Waals surface area contributed by atoms with Crippen LogP contribution in [0.15, 0.2) is 36.5 Å². The summed E-state index contributed by atoms with van der Waals surface area (Å²) in [6, 6.07) is 8.44. The number of rotatable bonds is 3. The van der Waals surface area contributed by atoms with Crippen LogP contribution >= 0.6 is 0 Å². The van der Waals surface area contributed by atoms with Gasteiger partial charge in [-0.25, -0.2) is 0 Å². The molecule has 1 heterocycles. The number of benzene rings is 1. The molecule has 0 aliphatic heterocycles. The Bertz CT molecular complexity index is 611. The van der Waals surface area contributed by atoms with Crippen LogP contribution in [0.4, 0.5) is 5.69 Å². The van der Waals surface area contributed by atoms with Crippen molar-refractivity contribution in [1.82, 2.24) is 10.3 Å². The summed E-state index contributed by atoms with van der Waals surface area (Å²) < 4.78 is 0. The number of hydrogen-bond acceptors (Lipinski definition) is 4. The predicted molar refractivity (Wildman–Crippen MR) is 72.7 cm³/mol. The number of nitrogens with two attached hydrogens (primary N) is 1. The van der Waals surface area contributed by atoms with Crippen molar-refractivity contribution in [3.8, 4) is 5.75 Å². The van der Waals surface area contributed by atoms with Crippen LogP contribution in [0.5, 0.6) is 5.75 Å². The molecular weight excluding hydrogens is 242 g/mol. The zero-order valence-corrected chi connectivity index (χ0v) is 10.6. The highest BCUT2D eigenvalue weighted by atomic mass is 16.3. The Morgan fingerprint density at radius 1 is 1.37 bits per heavy atom. The number of amides is 1. The number of para-hydroxylation sites is 1. The van der Waals surface area contributed by atoms with E-state index in [1.165, 1.54) is 12.1 Å². The predicted octanol–water partition coefficient (Wildman–Crippen LogP) is 1.61.